The van der Waals surface area contributed by atoms with Crippen LogP contribution in [0.5, 0.6) is 5.75 Å². The van der Waals surface area contributed by atoms with Crippen LogP contribution in [0.1, 0.15) is 38.2 Å². The maximum Gasteiger partial charge on any atom is 0.278 e. The SMILES string of the molecule is CCCOc1ccc(C2=C(Nc3ccc(N4CCCCC4)cc3)C(=O)N(CCOC)C2=O)cc1. The van der Waals surface area contributed by atoms with E-state index in [1.165, 1.54) is 29.8 Å². The maximum atomic E-state index is 13.3. The summed E-state index contributed by atoms with van der Waals surface area (Å²) in [5.74, 6) is 0.0715. The van der Waals surface area contributed by atoms with E-state index in [0.717, 1.165) is 30.9 Å². The van der Waals surface area contributed by atoms with Gasteiger partial charge in [-0.3, -0.25) is 14.5 Å². The molecule has 7 nitrogen and oxygen atoms in total. The predicted octanol–water partition coefficient (Wildman–Crippen LogP) is 4.30. The third kappa shape index (κ3) is 5.25. The van der Waals surface area contributed by atoms with E-state index in [0.29, 0.717) is 17.7 Å². The van der Waals surface area contributed by atoms with Crippen LogP contribution in [0, 0.1) is 0 Å². The highest BCUT2D eigenvalue weighted by molar-refractivity contribution is 6.36. The lowest BCUT2D eigenvalue weighted by atomic mass is 10.0. The van der Waals surface area contributed by atoms with E-state index in [-0.39, 0.29) is 30.7 Å². The van der Waals surface area contributed by atoms with E-state index >= 15 is 0 Å². The van der Waals surface area contributed by atoms with Crippen LogP contribution in [-0.2, 0) is 14.3 Å². The van der Waals surface area contributed by atoms with Gasteiger partial charge < -0.3 is 19.7 Å². The first-order valence-corrected chi connectivity index (χ1v) is 12.1. The normalized spacial score (nSPS) is 16.4. The number of nitrogens with zero attached hydrogens (tertiary/aromatic N) is 2. The van der Waals surface area contributed by atoms with Gasteiger partial charge in [0.25, 0.3) is 11.8 Å². The lowest BCUT2D eigenvalue weighted by Crippen LogP contribution is -2.35. The first kappa shape index (κ1) is 23.8. The molecule has 2 aliphatic heterocycles. The average molecular weight is 464 g/mol. The summed E-state index contributed by atoms with van der Waals surface area (Å²) in [5, 5.41) is 3.23. The molecular weight excluding hydrogens is 430 g/mol. The number of hydrogen-bond acceptors (Lipinski definition) is 6. The molecule has 7 heteroatoms. The Labute approximate surface area is 201 Å². The number of piperidine rings is 1. The van der Waals surface area contributed by atoms with Gasteiger partial charge in [0.05, 0.1) is 25.3 Å². The molecule has 4 rings (SSSR count). The molecule has 2 amide bonds. The Kier molecular flexibility index (Phi) is 7.85. The van der Waals surface area contributed by atoms with Crippen LogP contribution in [0.15, 0.2) is 54.2 Å². The van der Waals surface area contributed by atoms with Crippen molar-refractivity contribution in [1.29, 1.82) is 0 Å². The first-order chi connectivity index (χ1) is 16.6. The van der Waals surface area contributed by atoms with Gasteiger partial charge in [-0.15, -0.1) is 0 Å². The minimum atomic E-state index is -0.344. The number of rotatable bonds is 10. The molecule has 0 bridgehead atoms. The van der Waals surface area contributed by atoms with Crippen molar-refractivity contribution in [3.63, 3.8) is 0 Å². The second-order valence-electron chi connectivity index (χ2n) is 8.60. The zero-order valence-corrected chi connectivity index (χ0v) is 20.0. The van der Waals surface area contributed by atoms with E-state index in [1.807, 2.05) is 43.3 Å². The summed E-state index contributed by atoms with van der Waals surface area (Å²) < 4.78 is 10.8. The summed E-state index contributed by atoms with van der Waals surface area (Å²) in [6, 6.07) is 15.4. The number of anilines is 2. The Morgan fingerprint density at radius 2 is 1.59 bits per heavy atom. The fourth-order valence-corrected chi connectivity index (χ4v) is 4.34. The van der Waals surface area contributed by atoms with Gasteiger partial charge in [-0.05, 0) is 67.6 Å². The number of imide groups is 1. The molecule has 2 aliphatic rings. The number of benzene rings is 2. The molecule has 0 atom stereocenters. The fourth-order valence-electron chi connectivity index (χ4n) is 4.34. The van der Waals surface area contributed by atoms with Crippen LogP contribution in [0.2, 0.25) is 0 Å². The van der Waals surface area contributed by atoms with Crippen molar-refractivity contribution >= 4 is 28.8 Å². The van der Waals surface area contributed by atoms with Gasteiger partial charge in [0.15, 0.2) is 0 Å². The first-order valence-electron chi connectivity index (χ1n) is 12.1. The van der Waals surface area contributed by atoms with Crippen molar-refractivity contribution in [2.24, 2.45) is 0 Å². The van der Waals surface area contributed by atoms with Crippen LogP contribution in [0.25, 0.3) is 5.57 Å². The molecule has 180 valence electrons. The highest BCUT2D eigenvalue weighted by Crippen LogP contribution is 2.32. The molecule has 1 fully saturated rings. The summed E-state index contributed by atoms with van der Waals surface area (Å²) in [6.07, 6.45) is 4.63. The molecule has 2 aromatic carbocycles. The third-order valence-electron chi connectivity index (χ3n) is 6.16. The Morgan fingerprint density at radius 3 is 2.24 bits per heavy atom. The second-order valence-corrected chi connectivity index (χ2v) is 8.60. The number of amides is 2. The lowest BCUT2D eigenvalue weighted by Gasteiger charge is -2.28. The van der Waals surface area contributed by atoms with Gasteiger partial charge in [-0.25, -0.2) is 0 Å². The predicted molar refractivity (Wildman–Crippen MR) is 134 cm³/mol. The van der Waals surface area contributed by atoms with E-state index in [1.54, 1.807) is 7.11 Å². The van der Waals surface area contributed by atoms with Gasteiger partial charge in [0.2, 0.25) is 0 Å². The number of carbonyl (C=O) groups is 2. The van der Waals surface area contributed by atoms with Crippen molar-refractivity contribution in [3.8, 4) is 5.75 Å². The number of nitrogens with one attached hydrogen (secondary N) is 1. The van der Waals surface area contributed by atoms with E-state index in [2.05, 4.69) is 22.3 Å². The Hall–Kier alpha value is -3.32. The number of methoxy groups -OCH3 is 1. The molecular formula is C27H33N3O4. The molecule has 0 saturated carbocycles. The van der Waals surface area contributed by atoms with Crippen molar-refractivity contribution < 1.29 is 19.1 Å². The second kappa shape index (κ2) is 11.2. The van der Waals surface area contributed by atoms with Crippen LogP contribution in [0.4, 0.5) is 11.4 Å². The summed E-state index contributed by atoms with van der Waals surface area (Å²) in [6.45, 7) is 5.31. The van der Waals surface area contributed by atoms with Crippen molar-refractivity contribution in [3.05, 3.63) is 59.8 Å². The van der Waals surface area contributed by atoms with Crippen LogP contribution in [-0.4, -0.2) is 56.7 Å². The molecule has 1 saturated heterocycles. The molecule has 1 N–H and O–H groups in total. The minimum absolute atomic E-state index is 0.203. The van der Waals surface area contributed by atoms with Gasteiger partial charge in [0.1, 0.15) is 11.4 Å². The highest BCUT2D eigenvalue weighted by atomic mass is 16.5. The molecule has 0 aromatic heterocycles. The van der Waals surface area contributed by atoms with Crippen LogP contribution < -0.4 is 15.0 Å². The van der Waals surface area contributed by atoms with Gasteiger partial charge in [0, 0.05) is 31.6 Å². The number of hydrogen-bond donors (Lipinski definition) is 1. The smallest absolute Gasteiger partial charge is 0.278 e. The molecule has 2 heterocycles. The summed E-state index contributed by atoms with van der Waals surface area (Å²) in [4.78, 5) is 30.1. The van der Waals surface area contributed by atoms with Crippen molar-refractivity contribution in [1.82, 2.24) is 4.90 Å². The Bertz CT molecular complexity index is 1020. The number of carbonyl (C=O) groups excluding carboxylic acids is 2. The summed E-state index contributed by atoms with van der Waals surface area (Å²) in [7, 11) is 1.55. The minimum Gasteiger partial charge on any atom is -0.494 e. The van der Waals surface area contributed by atoms with Crippen molar-refractivity contribution in [2.45, 2.75) is 32.6 Å². The molecule has 0 aliphatic carbocycles. The van der Waals surface area contributed by atoms with Crippen molar-refractivity contribution in [2.75, 3.05) is 50.2 Å². The molecule has 0 radical (unpaired) electrons. The quantitative estimate of drug-likeness (QED) is 0.530. The van der Waals surface area contributed by atoms with Gasteiger partial charge in [-0.1, -0.05) is 19.1 Å². The van der Waals surface area contributed by atoms with Gasteiger partial charge >= 0.3 is 0 Å². The van der Waals surface area contributed by atoms with E-state index < -0.39 is 0 Å². The largest absolute Gasteiger partial charge is 0.494 e. The Morgan fingerprint density at radius 1 is 0.882 bits per heavy atom. The average Bonchev–Trinajstić information content (AvgIpc) is 3.11. The number of ether oxygens (including phenoxy) is 2. The molecule has 0 spiro atoms. The molecule has 2 aromatic rings. The van der Waals surface area contributed by atoms with Crippen LogP contribution >= 0.6 is 0 Å². The summed E-state index contributed by atoms with van der Waals surface area (Å²) in [5.41, 5.74) is 3.27. The third-order valence-corrected chi connectivity index (χ3v) is 6.16. The Balaban J connectivity index is 1.60. The lowest BCUT2D eigenvalue weighted by molar-refractivity contribution is -0.137. The summed E-state index contributed by atoms with van der Waals surface area (Å²) >= 11 is 0. The monoisotopic (exact) mass is 463 g/mol. The standard InChI is InChI=1S/C27H33N3O4/c1-3-18-34-23-13-7-20(8-14-23)24-25(27(32)30(26(24)31)17-19-33-2)28-21-9-11-22(12-10-21)29-15-5-4-6-16-29/h7-14,28H,3-6,15-19H2,1-2H3. The zero-order chi connectivity index (χ0) is 23.9. The topological polar surface area (TPSA) is 71.1 Å². The maximum absolute atomic E-state index is 13.3. The molecule has 0 unspecified atom stereocenters. The molecule has 34 heavy (non-hydrogen) atoms. The van der Waals surface area contributed by atoms with Crippen LogP contribution in [0.3, 0.4) is 0 Å². The van der Waals surface area contributed by atoms with E-state index in [9.17, 15) is 9.59 Å². The highest BCUT2D eigenvalue weighted by Gasteiger charge is 2.39. The van der Waals surface area contributed by atoms with Gasteiger partial charge in [-0.2, -0.15) is 0 Å². The van der Waals surface area contributed by atoms with E-state index in [4.69, 9.17) is 9.47 Å². The fraction of sp³-hybridized carbons (Fsp3) is 0.407. The zero-order valence-electron chi connectivity index (χ0n) is 20.0.